The number of aromatic nitrogens is 1. The third-order valence-electron chi connectivity index (χ3n) is 6.14. The first-order chi connectivity index (χ1) is 17.6. The summed E-state index contributed by atoms with van der Waals surface area (Å²) in [6, 6.07) is 11.1. The van der Waals surface area contributed by atoms with Gasteiger partial charge in [0.2, 0.25) is 17.7 Å². The molecule has 0 saturated carbocycles. The second-order valence-corrected chi connectivity index (χ2v) is 10.5. The van der Waals surface area contributed by atoms with Crippen molar-refractivity contribution in [1.82, 2.24) is 9.88 Å². The number of thiazole rings is 1. The van der Waals surface area contributed by atoms with Gasteiger partial charge in [-0.2, -0.15) is 13.2 Å². The van der Waals surface area contributed by atoms with Gasteiger partial charge in [-0.15, -0.1) is 0 Å². The molecule has 8 nitrogen and oxygen atoms in total. The molecule has 0 spiro atoms. The first kappa shape index (κ1) is 25.1. The van der Waals surface area contributed by atoms with Crippen molar-refractivity contribution in [3.63, 3.8) is 0 Å². The van der Waals surface area contributed by atoms with Crippen LogP contribution in [0.25, 0.3) is 0 Å². The van der Waals surface area contributed by atoms with Crippen molar-refractivity contribution < 1.29 is 32.3 Å². The van der Waals surface area contributed by atoms with Crippen molar-refractivity contribution in [2.45, 2.75) is 28.9 Å². The quantitative estimate of drug-likeness (QED) is 0.473. The Balaban J connectivity index is 1.49. The number of imide groups is 1. The summed E-state index contributed by atoms with van der Waals surface area (Å²) >= 11 is 1.91. The first-order valence-electron chi connectivity index (χ1n) is 10.9. The number of fused-ring (bicyclic) bond motifs is 2. The lowest BCUT2D eigenvalue weighted by Crippen LogP contribution is -2.32. The van der Waals surface area contributed by atoms with E-state index in [0.717, 1.165) is 35.2 Å². The van der Waals surface area contributed by atoms with Crippen LogP contribution in [0.4, 0.5) is 18.9 Å². The number of methoxy groups -OCH3 is 1. The summed E-state index contributed by atoms with van der Waals surface area (Å²) in [7, 11) is 1.51. The third kappa shape index (κ3) is 4.64. The van der Waals surface area contributed by atoms with E-state index in [1.54, 1.807) is 24.3 Å². The van der Waals surface area contributed by atoms with Gasteiger partial charge >= 0.3 is 11.0 Å². The fourth-order valence-corrected chi connectivity index (χ4v) is 7.20. The Bertz CT molecular complexity index is 1470. The Morgan fingerprint density at radius 1 is 1.11 bits per heavy atom. The SMILES string of the molecule is COc1ccc(C2c3sc(=O)n(CC(=O)Nc4cccc(C(F)(F)F)c4)c3SC3C(=O)NC(=O)C32)cc1. The molecule has 0 aliphatic carbocycles. The molecule has 2 aromatic carbocycles. The molecular formula is C24H18F3N3O5S2. The van der Waals surface area contributed by atoms with Crippen LogP contribution in [0.15, 0.2) is 58.4 Å². The van der Waals surface area contributed by atoms with Gasteiger partial charge in [-0.1, -0.05) is 41.3 Å². The summed E-state index contributed by atoms with van der Waals surface area (Å²) in [4.78, 5) is 51.1. The zero-order chi connectivity index (χ0) is 26.5. The molecule has 37 heavy (non-hydrogen) atoms. The minimum absolute atomic E-state index is 0.0680. The molecule has 0 radical (unpaired) electrons. The van der Waals surface area contributed by atoms with Crippen LogP contribution in [0, 0.1) is 5.92 Å². The van der Waals surface area contributed by atoms with Gasteiger partial charge in [-0.3, -0.25) is 29.1 Å². The maximum Gasteiger partial charge on any atom is 0.416 e. The highest BCUT2D eigenvalue weighted by atomic mass is 32.2. The van der Waals surface area contributed by atoms with E-state index < -0.39 is 58.0 Å². The molecule has 2 N–H and O–H groups in total. The topological polar surface area (TPSA) is 106 Å². The number of carbonyl (C=O) groups is 3. The average molecular weight is 550 g/mol. The molecule has 3 unspecified atom stereocenters. The highest BCUT2D eigenvalue weighted by Crippen LogP contribution is 2.51. The summed E-state index contributed by atoms with van der Waals surface area (Å²) < 4.78 is 45.4. The van der Waals surface area contributed by atoms with E-state index in [4.69, 9.17) is 4.74 Å². The molecule has 3 aromatic rings. The lowest BCUT2D eigenvalue weighted by atomic mass is 9.83. The largest absolute Gasteiger partial charge is 0.497 e. The fraction of sp³-hybridized carbons (Fsp3) is 0.250. The average Bonchev–Trinajstić information content (AvgIpc) is 3.32. The van der Waals surface area contributed by atoms with Crippen molar-refractivity contribution in [3.05, 3.63) is 74.2 Å². The van der Waals surface area contributed by atoms with Crippen molar-refractivity contribution in [2.75, 3.05) is 12.4 Å². The lowest BCUT2D eigenvalue weighted by molar-refractivity contribution is -0.137. The molecule has 1 aromatic heterocycles. The lowest BCUT2D eigenvalue weighted by Gasteiger charge is -2.30. The van der Waals surface area contributed by atoms with Crippen LogP contribution in [0.1, 0.15) is 21.9 Å². The number of carbonyl (C=O) groups excluding carboxylic acids is 3. The number of anilines is 1. The normalized spacial score (nSPS) is 20.7. The van der Waals surface area contributed by atoms with Crippen LogP contribution in [-0.4, -0.2) is 34.6 Å². The molecule has 3 amide bonds. The number of nitrogens with zero attached hydrogens (tertiary/aromatic N) is 1. The number of alkyl halides is 3. The van der Waals surface area contributed by atoms with Gasteiger partial charge in [-0.05, 0) is 35.9 Å². The highest BCUT2D eigenvalue weighted by molar-refractivity contribution is 8.00. The number of ether oxygens (including phenoxy) is 1. The zero-order valence-corrected chi connectivity index (χ0v) is 20.6. The number of hydrogen-bond donors (Lipinski definition) is 2. The summed E-state index contributed by atoms with van der Waals surface area (Å²) in [6.45, 7) is -0.476. The van der Waals surface area contributed by atoms with Crippen LogP contribution in [0.5, 0.6) is 5.75 Å². The number of nitrogens with one attached hydrogen (secondary N) is 2. The molecule has 1 fully saturated rings. The second kappa shape index (κ2) is 9.38. The van der Waals surface area contributed by atoms with Gasteiger partial charge in [-0.25, -0.2) is 0 Å². The molecule has 192 valence electrons. The van der Waals surface area contributed by atoms with E-state index >= 15 is 0 Å². The van der Waals surface area contributed by atoms with E-state index in [-0.39, 0.29) is 5.69 Å². The van der Waals surface area contributed by atoms with Gasteiger partial charge in [0.05, 0.1) is 23.6 Å². The van der Waals surface area contributed by atoms with Crippen molar-refractivity contribution in [3.8, 4) is 5.75 Å². The number of amides is 3. The number of thioether (sulfide) groups is 1. The zero-order valence-electron chi connectivity index (χ0n) is 19.0. The van der Waals surface area contributed by atoms with Crippen LogP contribution >= 0.6 is 23.1 Å². The summed E-state index contributed by atoms with van der Waals surface area (Å²) in [5.41, 5.74) is -0.290. The Labute approximate surface area is 215 Å². The number of halogens is 3. The number of rotatable bonds is 5. The highest BCUT2D eigenvalue weighted by Gasteiger charge is 2.52. The predicted molar refractivity (Wildman–Crippen MR) is 130 cm³/mol. The predicted octanol–water partition coefficient (Wildman–Crippen LogP) is 3.45. The standard InChI is InChI=1S/C24H18F3N3O5S2/c1-35-14-7-5-11(6-8-14)16-17-18(21(33)29-20(17)32)36-22-19(16)37-23(34)30(22)10-15(31)28-13-4-2-3-12(9-13)24(25,26)27/h2-9,16-18H,10H2,1H3,(H,28,31)(H,29,32,33). The second-order valence-electron chi connectivity index (χ2n) is 8.42. The van der Waals surface area contributed by atoms with Crippen LogP contribution in [-0.2, 0) is 27.1 Å². The van der Waals surface area contributed by atoms with Gasteiger partial charge in [0, 0.05) is 16.5 Å². The van der Waals surface area contributed by atoms with Crippen molar-refractivity contribution in [2.24, 2.45) is 5.92 Å². The Morgan fingerprint density at radius 2 is 1.84 bits per heavy atom. The van der Waals surface area contributed by atoms with Crippen molar-refractivity contribution >= 4 is 46.5 Å². The third-order valence-corrected chi connectivity index (χ3v) is 8.75. The number of hydrogen-bond acceptors (Lipinski definition) is 7. The molecule has 13 heteroatoms. The van der Waals surface area contributed by atoms with Gasteiger partial charge < -0.3 is 10.1 Å². The van der Waals surface area contributed by atoms with Crippen LogP contribution < -0.4 is 20.2 Å². The monoisotopic (exact) mass is 549 g/mol. The summed E-state index contributed by atoms with van der Waals surface area (Å²) in [5, 5.41) is 4.32. The minimum atomic E-state index is -4.58. The Kier molecular flexibility index (Phi) is 6.36. The smallest absolute Gasteiger partial charge is 0.416 e. The molecular weight excluding hydrogens is 531 g/mol. The molecule has 1 saturated heterocycles. The molecule has 3 atom stereocenters. The summed E-state index contributed by atoms with van der Waals surface area (Å²) in [5.74, 6) is -2.40. The van der Waals surface area contributed by atoms with E-state index in [1.807, 2.05) is 0 Å². The van der Waals surface area contributed by atoms with E-state index in [1.165, 1.54) is 23.8 Å². The maximum absolute atomic E-state index is 13.0. The molecule has 0 bridgehead atoms. The van der Waals surface area contributed by atoms with Crippen LogP contribution in [0.3, 0.4) is 0 Å². The molecule has 2 aliphatic rings. The Hall–Kier alpha value is -3.58. The maximum atomic E-state index is 13.0. The van der Waals surface area contributed by atoms with Gasteiger partial charge in [0.15, 0.2) is 0 Å². The minimum Gasteiger partial charge on any atom is -0.497 e. The van der Waals surface area contributed by atoms with E-state index in [0.29, 0.717) is 21.2 Å². The first-order valence-corrected chi connectivity index (χ1v) is 12.6. The van der Waals surface area contributed by atoms with Gasteiger partial charge in [0.25, 0.3) is 0 Å². The van der Waals surface area contributed by atoms with Crippen molar-refractivity contribution in [1.29, 1.82) is 0 Å². The molecule has 2 aliphatic heterocycles. The number of benzene rings is 2. The molecule has 3 heterocycles. The molecule has 5 rings (SSSR count). The van der Waals surface area contributed by atoms with Gasteiger partial charge in [0.1, 0.15) is 17.5 Å². The summed E-state index contributed by atoms with van der Waals surface area (Å²) in [6.07, 6.45) is -4.58. The Morgan fingerprint density at radius 3 is 2.51 bits per heavy atom. The fourth-order valence-electron chi connectivity index (χ4n) is 4.46. The van der Waals surface area contributed by atoms with Crippen LogP contribution in [0.2, 0.25) is 0 Å². The van der Waals surface area contributed by atoms with E-state index in [9.17, 15) is 32.3 Å². The van der Waals surface area contributed by atoms with E-state index in [2.05, 4.69) is 10.6 Å².